The lowest BCUT2D eigenvalue weighted by Crippen LogP contribution is -2.72. The molecule has 0 aromatic heterocycles. The molecule has 2 atom stereocenters. The number of amides is 1. The number of carbonyl (C=O) groups excluding carboxylic acids is 1. The Labute approximate surface area is 85.4 Å². The van der Waals surface area contributed by atoms with Gasteiger partial charge in [0.15, 0.2) is 0 Å². The number of nitrogens with zero attached hydrogens (tertiary/aromatic N) is 1. The van der Waals surface area contributed by atoms with Crippen LogP contribution in [-0.2, 0) is 9.53 Å². The summed E-state index contributed by atoms with van der Waals surface area (Å²) in [6.07, 6.45) is 0.998. The fourth-order valence-electron chi connectivity index (χ4n) is 2.77. The third kappa shape index (κ3) is 1.18. The molecule has 0 aliphatic carbocycles. The van der Waals surface area contributed by atoms with Crippen LogP contribution in [0.5, 0.6) is 0 Å². The lowest BCUT2D eigenvalue weighted by atomic mass is 9.75. The number of hydrogen-bond acceptors (Lipinski definition) is 2. The van der Waals surface area contributed by atoms with Crippen molar-refractivity contribution in [3.05, 3.63) is 0 Å². The molecular formula is C11H19NO2. The van der Waals surface area contributed by atoms with Crippen LogP contribution in [0, 0.1) is 11.8 Å². The van der Waals surface area contributed by atoms with Crippen molar-refractivity contribution >= 4 is 5.91 Å². The molecule has 0 bridgehead atoms. The van der Waals surface area contributed by atoms with Crippen LogP contribution in [0.15, 0.2) is 0 Å². The van der Waals surface area contributed by atoms with Gasteiger partial charge in [-0.05, 0) is 26.2 Å². The molecular weight excluding hydrogens is 178 g/mol. The van der Waals surface area contributed by atoms with E-state index in [-0.39, 0.29) is 17.6 Å². The highest BCUT2D eigenvalue weighted by Gasteiger charge is 2.56. The van der Waals surface area contributed by atoms with E-state index in [9.17, 15) is 4.79 Å². The van der Waals surface area contributed by atoms with Gasteiger partial charge in [-0.3, -0.25) is 4.79 Å². The molecule has 2 fully saturated rings. The Kier molecular flexibility index (Phi) is 2.11. The number of rotatable bonds is 1. The van der Waals surface area contributed by atoms with Gasteiger partial charge in [-0.25, -0.2) is 0 Å². The first-order valence-electron chi connectivity index (χ1n) is 5.42. The fraction of sp³-hybridized carbons (Fsp3) is 0.909. The third-order valence-corrected chi connectivity index (χ3v) is 3.44. The van der Waals surface area contributed by atoms with E-state index in [2.05, 4.69) is 13.8 Å². The molecule has 0 aromatic carbocycles. The van der Waals surface area contributed by atoms with Gasteiger partial charge in [-0.1, -0.05) is 13.8 Å². The van der Waals surface area contributed by atoms with Gasteiger partial charge in [-0.2, -0.15) is 0 Å². The average Bonchev–Trinajstić information content (AvgIpc) is 1.99. The molecule has 1 amide bonds. The van der Waals surface area contributed by atoms with Crippen LogP contribution in [0.25, 0.3) is 0 Å². The Bertz CT molecular complexity index is 260. The third-order valence-electron chi connectivity index (χ3n) is 3.44. The summed E-state index contributed by atoms with van der Waals surface area (Å²) in [5, 5.41) is 0. The molecule has 2 aliphatic heterocycles. The number of fused-ring (bicyclic) bond motifs is 1. The zero-order chi connectivity index (χ0) is 10.5. The summed E-state index contributed by atoms with van der Waals surface area (Å²) in [7, 11) is 0. The molecule has 0 N–H and O–H groups in total. The first kappa shape index (κ1) is 9.97. The molecule has 14 heavy (non-hydrogen) atoms. The molecule has 3 heteroatoms. The van der Waals surface area contributed by atoms with Gasteiger partial charge in [0.25, 0.3) is 0 Å². The van der Waals surface area contributed by atoms with Gasteiger partial charge in [-0.15, -0.1) is 0 Å². The lowest BCUT2D eigenvalue weighted by Gasteiger charge is -2.58. The predicted molar refractivity (Wildman–Crippen MR) is 53.6 cm³/mol. The van der Waals surface area contributed by atoms with Crippen molar-refractivity contribution < 1.29 is 9.53 Å². The van der Waals surface area contributed by atoms with E-state index >= 15 is 0 Å². The number of hydrogen-bond donors (Lipinski definition) is 0. The maximum Gasteiger partial charge on any atom is 0.230 e. The van der Waals surface area contributed by atoms with Crippen LogP contribution in [0.3, 0.4) is 0 Å². The zero-order valence-corrected chi connectivity index (χ0v) is 9.41. The highest BCUT2D eigenvalue weighted by Crippen LogP contribution is 2.42. The predicted octanol–water partition coefficient (Wildman–Crippen LogP) is 1.63. The summed E-state index contributed by atoms with van der Waals surface area (Å²) in [5.74, 6) is 0.963. The second-order valence-electron chi connectivity index (χ2n) is 5.13. The second kappa shape index (κ2) is 2.96. The van der Waals surface area contributed by atoms with Crippen molar-refractivity contribution in [3.63, 3.8) is 0 Å². The Morgan fingerprint density at radius 1 is 1.50 bits per heavy atom. The standard InChI is InChI=1S/C11H19NO2/c1-7(2)9-8-5-6-14-11(3,4)12(8)10(9)13/h7-9H,5-6H2,1-4H3. The SMILES string of the molecule is CC(C)C1C(=O)N2C1CCOC2(C)C. The van der Waals surface area contributed by atoms with Gasteiger partial charge < -0.3 is 9.64 Å². The van der Waals surface area contributed by atoms with E-state index in [1.807, 2.05) is 18.7 Å². The van der Waals surface area contributed by atoms with Crippen LogP contribution >= 0.6 is 0 Å². The van der Waals surface area contributed by atoms with E-state index in [4.69, 9.17) is 4.74 Å². The van der Waals surface area contributed by atoms with Crippen molar-refractivity contribution in [2.24, 2.45) is 11.8 Å². The maximum atomic E-state index is 11.9. The minimum absolute atomic E-state index is 0.234. The van der Waals surface area contributed by atoms with Crippen LogP contribution < -0.4 is 0 Å². The van der Waals surface area contributed by atoms with E-state index in [0.29, 0.717) is 12.0 Å². The Morgan fingerprint density at radius 2 is 2.14 bits per heavy atom. The van der Waals surface area contributed by atoms with E-state index < -0.39 is 0 Å². The summed E-state index contributed by atoms with van der Waals surface area (Å²) in [6, 6.07) is 0.422. The van der Waals surface area contributed by atoms with Crippen molar-refractivity contribution in [3.8, 4) is 0 Å². The van der Waals surface area contributed by atoms with Gasteiger partial charge >= 0.3 is 0 Å². The summed E-state index contributed by atoms with van der Waals surface area (Å²) >= 11 is 0. The quantitative estimate of drug-likeness (QED) is 0.598. The van der Waals surface area contributed by atoms with Crippen LogP contribution in [0.4, 0.5) is 0 Å². The van der Waals surface area contributed by atoms with E-state index in [0.717, 1.165) is 13.0 Å². The highest BCUT2D eigenvalue weighted by atomic mass is 16.5. The van der Waals surface area contributed by atoms with Crippen molar-refractivity contribution in [2.45, 2.75) is 45.9 Å². The Morgan fingerprint density at radius 3 is 2.71 bits per heavy atom. The highest BCUT2D eigenvalue weighted by molar-refractivity contribution is 5.87. The molecule has 2 aliphatic rings. The first-order valence-corrected chi connectivity index (χ1v) is 5.42. The molecule has 0 spiro atoms. The Balaban J connectivity index is 2.17. The molecule has 0 radical (unpaired) electrons. The van der Waals surface area contributed by atoms with Crippen molar-refractivity contribution in [2.75, 3.05) is 6.61 Å². The summed E-state index contributed by atoms with van der Waals surface area (Å²) in [4.78, 5) is 13.8. The fourth-order valence-corrected chi connectivity index (χ4v) is 2.77. The molecule has 0 saturated carbocycles. The van der Waals surface area contributed by atoms with Crippen molar-refractivity contribution in [1.29, 1.82) is 0 Å². The average molecular weight is 197 g/mol. The minimum atomic E-state index is -0.384. The second-order valence-corrected chi connectivity index (χ2v) is 5.13. The smallest absolute Gasteiger partial charge is 0.230 e. The molecule has 2 saturated heterocycles. The van der Waals surface area contributed by atoms with Crippen LogP contribution in [0.2, 0.25) is 0 Å². The molecule has 0 aromatic rings. The van der Waals surface area contributed by atoms with Gasteiger partial charge in [0.05, 0.1) is 12.5 Å². The van der Waals surface area contributed by atoms with Gasteiger partial charge in [0.2, 0.25) is 5.91 Å². The van der Waals surface area contributed by atoms with Crippen molar-refractivity contribution in [1.82, 2.24) is 4.90 Å². The number of β-lactam (4-membered cyclic amide) rings is 1. The van der Waals surface area contributed by atoms with Gasteiger partial charge in [0, 0.05) is 6.04 Å². The van der Waals surface area contributed by atoms with Gasteiger partial charge in [0.1, 0.15) is 5.72 Å². The molecule has 2 unspecified atom stereocenters. The Hall–Kier alpha value is -0.570. The molecule has 80 valence electrons. The maximum absolute atomic E-state index is 11.9. The number of carbonyl (C=O) groups is 1. The topological polar surface area (TPSA) is 29.5 Å². The first-order chi connectivity index (χ1) is 6.45. The van der Waals surface area contributed by atoms with E-state index in [1.165, 1.54) is 0 Å². The van der Waals surface area contributed by atoms with Crippen LogP contribution in [-0.4, -0.2) is 29.2 Å². The molecule has 3 nitrogen and oxygen atoms in total. The molecule has 2 rings (SSSR count). The summed E-state index contributed by atoms with van der Waals surface area (Å²) in [5.41, 5.74) is -0.384. The summed E-state index contributed by atoms with van der Waals surface area (Å²) < 4.78 is 5.60. The molecule has 2 heterocycles. The van der Waals surface area contributed by atoms with Crippen LogP contribution in [0.1, 0.15) is 34.1 Å². The monoisotopic (exact) mass is 197 g/mol. The minimum Gasteiger partial charge on any atom is -0.356 e. The number of ether oxygens (including phenoxy) is 1. The largest absolute Gasteiger partial charge is 0.356 e. The normalized spacial score (nSPS) is 35.5. The lowest BCUT2D eigenvalue weighted by molar-refractivity contribution is -0.236. The zero-order valence-electron chi connectivity index (χ0n) is 9.41. The summed E-state index contributed by atoms with van der Waals surface area (Å²) in [6.45, 7) is 9.00. The van der Waals surface area contributed by atoms with E-state index in [1.54, 1.807) is 0 Å².